The molecule has 0 unspecified atom stereocenters. The molecular formula is C42H39N5O8S2. The number of rotatable bonds is 13. The molecule has 0 saturated carbocycles. The molecule has 7 rings (SSSR count). The molecule has 0 spiro atoms. The average Bonchev–Trinajstić information content (AvgIpc) is 3.90. The van der Waals surface area contributed by atoms with Crippen molar-refractivity contribution in [2.24, 2.45) is 14.1 Å². The lowest BCUT2D eigenvalue weighted by molar-refractivity contribution is 0.0470. The summed E-state index contributed by atoms with van der Waals surface area (Å²) in [6, 6.07) is 25.3. The zero-order valence-electron chi connectivity index (χ0n) is 31.3. The number of esters is 2. The number of carbonyl (C=O) groups excluding carboxylic acids is 2. The maximum absolute atomic E-state index is 12.9. The molecule has 0 aliphatic rings. The van der Waals surface area contributed by atoms with Crippen LogP contribution in [-0.4, -0.2) is 35.2 Å². The van der Waals surface area contributed by atoms with Gasteiger partial charge in [-0.15, -0.1) is 29.3 Å². The van der Waals surface area contributed by atoms with E-state index in [1.165, 1.54) is 25.8 Å². The van der Waals surface area contributed by atoms with Crippen LogP contribution in [0.15, 0.2) is 129 Å². The van der Waals surface area contributed by atoms with Crippen LogP contribution in [0, 0.1) is 0 Å². The van der Waals surface area contributed by atoms with Gasteiger partial charge in [0.1, 0.15) is 32.6 Å². The molecule has 0 fully saturated rings. The molecule has 0 bridgehead atoms. The second-order valence-corrected chi connectivity index (χ2v) is 15.0. The fourth-order valence-corrected chi connectivity index (χ4v) is 7.92. The molecule has 0 radical (unpaired) electrons. The molecule has 13 nitrogen and oxygen atoms in total. The number of hydrogen-bond donors (Lipinski definition) is 0. The molecule has 0 amide bonds. The number of thiophene rings is 2. The minimum absolute atomic E-state index is 0.110. The van der Waals surface area contributed by atoms with E-state index in [-0.39, 0.29) is 35.9 Å². The molecule has 0 aliphatic carbocycles. The van der Waals surface area contributed by atoms with Gasteiger partial charge in [-0.25, -0.2) is 19.2 Å². The molecule has 57 heavy (non-hydrogen) atoms. The summed E-state index contributed by atoms with van der Waals surface area (Å²) >= 11 is 2.17. The summed E-state index contributed by atoms with van der Waals surface area (Å²) in [5.74, 6) is -1.03. The fourth-order valence-electron chi connectivity index (χ4n) is 5.93. The first-order chi connectivity index (χ1) is 27.6. The Labute approximate surface area is 333 Å². The van der Waals surface area contributed by atoms with Crippen molar-refractivity contribution in [1.82, 2.24) is 23.3 Å². The SMILES string of the molecule is C=CCCCCn1c(=O)c2cc(C(=O)OCc3ccccc3)sc2n(C)c1=O.Cn1c(=O)n(Cc2cccnc2)c(=O)c2cc(C(=O)OCc3ccccc3)sc21. The minimum Gasteiger partial charge on any atom is -0.457 e. The molecule has 0 aliphatic heterocycles. The molecule has 0 saturated heterocycles. The summed E-state index contributed by atoms with van der Waals surface area (Å²) in [7, 11) is 3.19. The largest absolute Gasteiger partial charge is 0.457 e. The van der Waals surface area contributed by atoms with E-state index < -0.39 is 23.2 Å². The number of aryl methyl sites for hydroxylation is 2. The van der Waals surface area contributed by atoms with Gasteiger partial charge in [0.15, 0.2) is 0 Å². The van der Waals surface area contributed by atoms with Crippen LogP contribution in [0.4, 0.5) is 0 Å². The number of ether oxygens (including phenoxy) is 2. The molecule has 0 atom stereocenters. The number of allylic oxidation sites excluding steroid dienone is 1. The number of unbranched alkanes of at least 4 members (excludes halogenated alkanes) is 2. The van der Waals surface area contributed by atoms with Crippen molar-refractivity contribution < 1.29 is 19.1 Å². The monoisotopic (exact) mass is 805 g/mol. The van der Waals surface area contributed by atoms with E-state index in [2.05, 4.69) is 11.6 Å². The molecule has 15 heteroatoms. The van der Waals surface area contributed by atoms with Crippen molar-refractivity contribution in [2.75, 3.05) is 0 Å². The van der Waals surface area contributed by atoms with Gasteiger partial charge in [-0.05, 0) is 54.2 Å². The van der Waals surface area contributed by atoms with E-state index >= 15 is 0 Å². The first-order valence-electron chi connectivity index (χ1n) is 18.0. The zero-order valence-corrected chi connectivity index (χ0v) is 32.9. The van der Waals surface area contributed by atoms with Crippen molar-refractivity contribution in [3.8, 4) is 0 Å². The molecule has 5 aromatic heterocycles. The third-order valence-corrected chi connectivity index (χ3v) is 11.3. The van der Waals surface area contributed by atoms with E-state index in [1.54, 1.807) is 38.6 Å². The van der Waals surface area contributed by atoms with Crippen LogP contribution in [0.5, 0.6) is 0 Å². The average molecular weight is 806 g/mol. The van der Waals surface area contributed by atoms with Crippen molar-refractivity contribution in [1.29, 1.82) is 0 Å². The van der Waals surface area contributed by atoms with Crippen molar-refractivity contribution in [3.63, 3.8) is 0 Å². The fraction of sp³-hybridized carbons (Fsp3) is 0.214. The van der Waals surface area contributed by atoms with Crippen molar-refractivity contribution >= 4 is 55.0 Å². The number of carbonyl (C=O) groups is 2. The van der Waals surface area contributed by atoms with Gasteiger partial charge in [0.05, 0.1) is 17.3 Å². The summed E-state index contributed by atoms with van der Waals surface area (Å²) in [5, 5.41) is 0.676. The summed E-state index contributed by atoms with van der Waals surface area (Å²) in [6.45, 7) is 4.42. The van der Waals surface area contributed by atoms with Crippen LogP contribution in [0.3, 0.4) is 0 Å². The Hall–Kier alpha value is -6.45. The third kappa shape index (κ3) is 9.34. The highest BCUT2D eigenvalue weighted by molar-refractivity contribution is 7.20. The Bertz CT molecular complexity index is 2780. The lowest BCUT2D eigenvalue weighted by Crippen LogP contribution is -2.38. The lowest BCUT2D eigenvalue weighted by Gasteiger charge is -2.08. The predicted molar refractivity (Wildman–Crippen MR) is 221 cm³/mol. The number of hydrogen-bond acceptors (Lipinski definition) is 11. The van der Waals surface area contributed by atoms with E-state index in [4.69, 9.17) is 9.47 Å². The summed E-state index contributed by atoms with van der Waals surface area (Å²) in [4.78, 5) is 81.3. The Balaban J connectivity index is 0.000000193. The van der Waals surface area contributed by atoms with Gasteiger partial charge in [-0.3, -0.25) is 32.8 Å². The molecule has 5 heterocycles. The van der Waals surface area contributed by atoms with Crippen LogP contribution in [0.1, 0.15) is 55.3 Å². The van der Waals surface area contributed by atoms with E-state index in [9.17, 15) is 28.8 Å². The van der Waals surface area contributed by atoms with Gasteiger partial charge in [0, 0.05) is 33.0 Å². The minimum atomic E-state index is -0.527. The quantitative estimate of drug-likeness (QED) is 0.0772. The lowest BCUT2D eigenvalue weighted by atomic mass is 10.2. The first kappa shape index (κ1) is 40.2. The molecule has 292 valence electrons. The van der Waals surface area contributed by atoms with Gasteiger partial charge in [-0.2, -0.15) is 0 Å². The van der Waals surface area contributed by atoms with Crippen molar-refractivity contribution in [2.45, 2.75) is 45.6 Å². The van der Waals surface area contributed by atoms with Crippen LogP contribution in [-0.2, 0) is 49.9 Å². The van der Waals surface area contributed by atoms with Gasteiger partial charge in [0.25, 0.3) is 11.1 Å². The van der Waals surface area contributed by atoms with Gasteiger partial charge >= 0.3 is 23.3 Å². The Morgan fingerprint density at radius 1 is 0.684 bits per heavy atom. The number of nitrogens with zero attached hydrogens (tertiary/aromatic N) is 5. The summed E-state index contributed by atoms with van der Waals surface area (Å²) in [6.07, 6.45) is 7.46. The first-order valence-corrected chi connectivity index (χ1v) is 19.6. The van der Waals surface area contributed by atoms with Gasteiger partial charge in [-0.1, -0.05) is 72.8 Å². The number of pyridine rings is 1. The maximum Gasteiger partial charge on any atom is 0.348 e. The number of fused-ring (bicyclic) bond motifs is 2. The predicted octanol–water partition coefficient (Wildman–Crippen LogP) is 6.04. The van der Waals surface area contributed by atoms with E-state index in [0.717, 1.165) is 56.8 Å². The van der Waals surface area contributed by atoms with E-state index in [1.807, 2.05) is 66.7 Å². The normalized spacial score (nSPS) is 10.9. The highest BCUT2D eigenvalue weighted by Crippen LogP contribution is 2.24. The second-order valence-electron chi connectivity index (χ2n) is 13.0. The van der Waals surface area contributed by atoms with Crippen molar-refractivity contribution in [3.05, 3.63) is 178 Å². The Morgan fingerprint density at radius 2 is 1.18 bits per heavy atom. The Kier molecular flexibility index (Phi) is 13.0. The topological polar surface area (TPSA) is 153 Å². The number of aromatic nitrogens is 5. The summed E-state index contributed by atoms with van der Waals surface area (Å²) < 4.78 is 15.9. The van der Waals surface area contributed by atoms with Crippen LogP contribution in [0.25, 0.3) is 20.4 Å². The smallest absolute Gasteiger partial charge is 0.348 e. The highest BCUT2D eigenvalue weighted by Gasteiger charge is 2.20. The summed E-state index contributed by atoms with van der Waals surface area (Å²) in [5.41, 5.74) is 0.864. The number of benzene rings is 2. The van der Waals surface area contributed by atoms with Crippen LogP contribution >= 0.6 is 22.7 Å². The van der Waals surface area contributed by atoms with Crippen LogP contribution < -0.4 is 22.5 Å². The van der Waals surface area contributed by atoms with E-state index in [0.29, 0.717) is 38.3 Å². The highest BCUT2D eigenvalue weighted by atomic mass is 32.1. The molecule has 0 N–H and O–H groups in total. The molecule has 7 aromatic rings. The Morgan fingerprint density at radius 3 is 1.67 bits per heavy atom. The molecule has 2 aromatic carbocycles. The second kappa shape index (κ2) is 18.5. The maximum atomic E-state index is 12.9. The molecular weight excluding hydrogens is 767 g/mol. The van der Waals surface area contributed by atoms with Crippen LogP contribution in [0.2, 0.25) is 0 Å². The zero-order chi connectivity index (χ0) is 40.5. The van der Waals surface area contributed by atoms with Gasteiger partial charge < -0.3 is 9.47 Å². The van der Waals surface area contributed by atoms with Gasteiger partial charge in [0.2, 0.25) is 0 Å². The third-order valence-electron chi connectivity index (χ3n) is 8.95. The standard InChI is InChI=1S/C21H17N3O4S.C21H22N2O4S/c1-23-19-16(18(25)24(21(23)27)12-15-8-5-9-22-11-15)10-17(29-19)20(26)28-13-14-6-3-2-4-7-14;1-3-4-5-9-12-23-18(24)16-13-17(28-19(16)22(2)21(23)26)20(25)27-14-15-10-7-6-8-11-15/h2-11H,12-13H2,1H3;3,6-8,10-11,13H,1,4-5,9,12,14H2,2H3.